The summed E-state index contributed by atoms with van der Waals surface area (Å²) < 4.78 is 29.5. The van der Waals surface area contributed by atoms with Crippen molar-refractivity contribution < 1.29 is 8.42 Å². The van der Waals surface area contributed by atoms with Crippen LogP contribution in [0.25, 0.3) is 10.9 Å². The van der Waals surface area contributed by atoms with Gasteiger partial charge in [-0.15, -0.1) is 0 Å². The molecule has 1 heterocycles. The number of aromatic nitrogens is 2. The molecule has 2 rings (SSSR count). The molecule has 0 aliphatic heterocycles. The lowest BCUT2D eigenvalue weighted by atomic mass is 10.2. The molecule has 7 nitrogen and oxygen atoms in total. The Morgan fingerprint density at radius 3 is 2.12 bits per heavy atom. The molecule has 8 heteroatoms. The van der Waals surface area contributed by atoms with E-state index < -0.39 is 21.3 Å². The second-order valence-corrected chi connectivity index (χ2v) is 7.73. The molecular weight excluding hydrogens is 330 g/mol. The van der Waals surface area contributed by atoms with Gasteiger partial charge in [-0.25, -0.2) is 13.2 Å². The molecule has 0 saturated heterocycles. The van der Waals surface area contributed by atoms with E-state index >= 15 is 0 Å². The molecule has 0 amide bonds. The minimum Gasteiger partial charge on any atom is -0.296 e. The highest BCUT2D eigenvalue weighted by molar-refractivity contribution is 7.89. The molecule has 0 aliphatic rings. The summed E-state index contributed by atoms with van der Waals surface area (Å²) >= 11 is 0. The molecule has 0 saturated carbocycles. The number of hydrogen-bond donors (Lipinski definition) is 0. The van der Waals surface area contributed by atoms with E-state index in [2.05, 4.69) is 0 Å². The Balaban J connectivity index is 2.71. The van der Waals surface area contributed by atoms with Crippen LogP contribution in [0.3, 0.4) is 0 Å². The molecule has 1 aromatic heterocycles. The summed E-state index contributed by atoms with van der Waals surface area (Å²) in [4.78, 5) is 24.4. The van der Waals surface area contributed by atoms with Crippen molar-refractivity contribution >= 4 is 20.9 Å². The maximum atomic E-state index is 12.9. The van der Waals surface area contributed by atoms with Gasteiger partial charge in [-0.2, -0.15) is 4.31 Å². The van der Waals surface area contributed by atoms with Crippen LogP contribution in [0.15, 0.2) is 32.7 Å². The lowest BCUT2D eigenvalue weighted by Gasteiger charge is -2.21. The zero-order valence-corrected chi connectivity index (χ0v) is 15.3. The number of hydrogen-bond acceptors (Lipinski definition) is 4. The summed E-state index contributed by atoms with van der Waals surface area (Å²) in [6.45, 7) is 4.70. The van der Waals surface area contributed by atoms with Crippen molar-refractivity contribution in [2.75, 3.05) is 13.1 Å². The highest BCUT2D eigenvalue weighted by Gasteiger charge is 2.24. The van der Waals surface area contributed by atoms with E-state index in [-0.39, 0.29) is 10.3 Å². The van der Waals surface area contributed by atoms with Crippen LogP contribution in [0.4, 0.5) is 0 Å². The van der Waals surface area contributed by atoms with E-state index in [0.717, 1.165) is 4.57 Å². The Hall–Kier alpha value is -1.93. The largest absolute Gasteiger partial charge is 0.330 e. The minimum absolute atomic E-state index is 0.0765. The minimum atomic E-state index is -3.67. The highest BCUT2D eigenvalue weighted by atomic mass is 32.2. The number of rotatable bonds is 6. The first-order chi connectivity index (χ1) is 11.3. The molecule has 0 radical (unpaired) electrons. The number of fused-ring (bicyclic) bond motifs is 1. The first kappa shape index (κ1) is 18.4. The summed E-state index contributed by atoms with van der Waals surface area (Å²) in [5.74, 6) is 0. The Morgan fingerprint density at radius 2 is 1.58 bits per heavy atom. The van der Waals surface area contributed by atoms with E-state index in [0.29, 0.717) is 31.4 Å². The average molecular weight is 353 g/mol. The van der Waals surface area contributed by atoms with Gasteiger partial charge in [0.2, 0.25) is 10.0 Å². The Morgan fingerprint density at radius 1 is 1.00 bits per heavy atom. The van der Waals surface area contributed by atoms with Gasteiger partial charge in [-0.1, -0.05) is 13.8 Å². The lowest BCUT2D eigenvalue weighted by Crippen LogP contribution is -2.37. The van der Waals surface area contributed by atoms with Gasteiger partial charge in [0.15, 0.2) is 0 Å². The molecule has 0 unspecified atom stereocenters. The van der Waals surface area contributed by atoms with Crippen LogP contribution in [-0.2, 0) is 24.1 Å². The number of nitrogens with zero attached hydrogens (tertiary/aromatic N) is 3. The van der Waals surface area contributed by atoms with Crippen molar-refractivity contribution in [3.8, 4) is 0 Å². The van der Waals surface area contributed by atoms with Gasteiger partial charge in [-0.3, -0.25) is 13.9 Å². The van der Waals surface area contributed by atoms with Crippen LogP contribution in [0.5, 0.6) is 0 Å². The van der Waals surface area contributed by atoms with E-state index in [4.69, 9.17) is 0 Å². The number of sulfonamides is 1. The third-order valence-electron chi connectivity index (χ3n) is 4.02. The maximum absolute atomic E-state index is 12.9. The van der Waals surface area contributed by atoms with E-state index in [1.807, 2.05) is 13.8 Å². The van der Waals surface area contributed by atoms with Crippen molar-refractivity contribution in [1.29, 1.82) is 0 Å². The highest BCUT2D eigenvalue weighted by Crippen LogP contribution is 2.20. The van der Waals surface area contributed by atoms with Crippen LogP contribution >= 0.6 is 0 Å². The quantitative estimate of drug-likeness (QED) is 0.777. The molecule has 132 valence electrons. The van der Waals surface area contributed by atoms with Gasteiger partial charge >= 0.3 is 5.69 Å². The van der Waals surface area contributed by atoms with E-state index in [1.54, 1.807) is 7.05 Å². The van der Waals surface area contributed by atoms with Crippen LogP contribution in [-0.4, -0.2) is 34.9 Å². The summed E-state index contributed by atoms with van der Waals surface area (Å²) in [7, 11) is -0.737. The molecule has 0 atom stereocenters. The van der Waals surface area contributed by atoms with Crippen molar-refractivity contribution in [3.63, 3.8) is 0 Å². The van der Waals surface area contributed by atoms with Gasteiger partial charge < -0.3 is 0 Å². The fraction of sp³-hybridized carbons (Fsp3) is 0.500. The Labute approximate surface area is 141 Å². The zero-order chi connectivity index (χ0) is 18.1. The van der Waals surface area contributed by atoms with Crippen molar-refractivity contribution in [3.05, 3.63) is 39.0 Å². The first-order valence-electron chi connectivity index (χ1n) is 7.95. The monoisotopic (exact) mass is 353 g/mol. The van der Waals surface area contributed by atoms with E-state index in [1.165, 1.54) is 34.1 Å². The first-order valence-corrected chi connectivity index (χ1v) is 9.39. The summed E-state index contributed by atoms with van der Waals surface area (Å²) in [5, 5.41) is 0.216. The van der Waals surface area contributed by atoms with Crippen LogP contribution < -0.4 is 11.2 Å². The second-order valence-electron chi connectivity index (χ2n) is 5.79. The van der Waals surface area contributed by atoms with Crippen LogP contribution in [0.2, 0.25) is 0 Å². The third kappa shape index (κ3) is 3.03. The lowest BCUT2D eigenvalue weighted by molar-refractivity contribution is 0.410. The smallest absolute Gasteiger partial charge is 0.296 e. The van der Waals surface area contributed by atoms with Gasteiger partial charge in [-0.05, 0) is 31.0 Å². The van der Waals surface area contributed by atoms with E-state index in [9.17, 15) is 18.0 Å². The molecule has 0 aliphatic carbocycles. The van der Waals surface area contributed by atoms with Crippen LogP contribution in [0.1, 0.15) is 26.7 Å². The molecule has 0 spiro atoms. The van der Waals surface area contributed by atoms with Gasteiger partial charge in [0.05, 0.1) is 15.8 Å². The predicted octanol–water partition coefficient (Wildman–Crippen LogP) is 1.05. The number of aryl methyl sites for hydroxylation is 1. The number of benzene rings is 1. The second kappa shape index (κ2) is 6.90. The van der Waals surface area contributed by atoms with Gasteiger partial charge in [0.25, 0.3) is 5.56 Å². The SMILES string of the molecule is CCCN(CCC)S(=O)(=O)c1ccc2c(c1)c(=O)n(C)c(=O)n2C. The standard InChI is InChI=1S/C16H23N3O4S/c1-5-9-19(10-6-2)24(22,23)12-7-8-14-13(11-12)15(20)18(4)16(21)17(14)3/h7-8,11H,5-6,9-10H2,1-4H3. The van der Waals surface area contributed by atoms with Crippen molar-refractivity contribution in [2.45, 2.75) is 31.6 Å². The summed E-state index contributed by atoms with van der Waals surface area (Å²) in [5.41, 5.74) is -0.524. The van der Waals surface area contributed by atoms with Crippen molar-refractivity contribution in [1.82, 2.24) is 13.4 Å². The predicted molar refractivity (Wildman–Crippen MR) is 93.8 cm³/mol. The molecule has 2 aromatic rings. The molecule has 1 aromatic carbocycles. The fourth-order valence-electron chi connectivity index (χ4n) is 2.74. The maximum Gasteiger partial charge on any atom is 0.330 e. The average Bonchev–Trinajstić information content (AvgIpc) is 2.57. The topological polar surface area (TPSA) is 81.4 Å². The summed E-state index contributed by atoms with van der Waals surface area (Å²) in [6.07, 6.45) is 1.42. The fourth-order valence-corrected chi connectivity index (χ4v) is 4.39. The van der Waals surface area contributed by atoms with Gasteiger partial charge in [0, 0.05) is 27.2 Å². The molecule has 24 heavy (non-hydrogen) atoms. The van der Waals surface area contributed by atoms with Crippen LogP contribution in [0, 0.1) is 0 Å². The molecule has 0 fully saturated rings. The third-order valence-corrected chi connectivity index (χ3v) is 5.92. The van der Waals surface area contributed by atoms with Gasteiger partial charge in [0.1, 0.15) is 0 Å². The zero-order valence-electron chi connectivity index (χ0n) is 14.4. The molecule has 0 bridgehead atoms. The molecule has 0 N–H and O–H groups in total. The normalized spacial score (nSPS) is 12.2. The Kier molecular flexibility index (Phi) is 5.29. The summed E-state index contributed by atoms with van der Waals surface area (Å²) in [6, 6.07) is 4.33. The Bertz CT molecular complexity index is 967. The molecular formula is C16H23N3O4S. The van der Waals surface area contributed by atoms with Crippen molar-refractivity contribution in [2.24, 2.45) is 14.1 Å².